The lowest BCUT2D eigenvalue weighted by atomic mass is 10.2. The molecule has 0 atom stereocenters. The molecule has 0 unspecified atom stereocenters. The third-order valence-corrected chi connectivity index (χ3v) is 1.68. The fourth-order valence-corrected chi connectivity index (χ4v) is 0.982. The van der Waals surface area contributed by atoms with Crippen molar-refractivity contribution in [3.63, 3.8) is 0 Å². The van der Waals surface area contributed by atoms with Crippen LogP contribution in [-0.2, 0) is 4.79 Å². The molecule has 0 saturated heterocycles. The van der Waals surface area contributed by atoms with Gasteiger partial charge in [0.2, 0.25) is 0 Å². The number of nitrogens with zero attached hydrogens (tertiary/aromatic N) is 1. The first-order chi connectivity index (χ1) is 6.56. The van der Waals surface area contributed by atoms with Gasteiger partial charge in [0.05, 0.1) is 0 Å². The summed E-state index contributed by atoms with van der Waals surface area (Å²) in [6.45, 7) is 2.16. The number of hydrazine groups is 1. The van der Waals surface area contributed by atoms with E-state index in [0.717, 1.165) is 6.42 Å². The van der Waals surface area contributed by atoms with E-state index < -0.39 is 0 Å². The molecular weight excluding hydrogens is 182 g/mol. The van der Waals surface area contributed by atoms with Gasteiger partial charge in [-0.2, -0.15) is 0 Å². The van der Waals surface area contributed by atoms with Crippen molar-refractivity contribution in [1.82, 2.24) is 5.01 Å². The number of carbonyl (C=O) groups excluding carboxylic acids is 1. The van der Waals surface area contributed by atoms with E-state index in [1.807, 2.05) is 0 Å². The molecule has 0 aromatic rings. The largest absolute Gasteiger partial charge is 0.401 e. The molecule has 0 spiro atoms. The lowest BCUT2D eigenvalue weighted by Crippen LogP contribution is -2.28. The average molecular weight is 201 g/mol. The van der Waals surface area contributed by atoms with Gasteiger partial charge in [-0.05, 0) is 13.3 Å². The van der Waals surface area contributed by atoms with Crippen LogP contribution < -0.4 is 11.6 Å². The fourth-order valence-electron chi connectivity index (χ4n) is 0.982. The number of hydrogen-bond donors (Lipinski definition) is 3. The monoisotopic (exact) mass is 201 g/mol. The standard InChI is InChI=1S/C9H19N3O2/c1-8(14)3-2-5-12(11)7-9(10)4-6-13/h7,13H,2-6,10-11H2,1H3/b9-7-. The summed E-state index contributed by atoms with van der Waals surface area (Å²) < 4.78 is 0. The van der Waals surface area contributed by atoms with Gasteiger partial charge in [-0.1, -0.05) is 0 Å². The molecule has 0 bridgehead atoms. The summed E-state index contributed by atoms with van der Waals surface area (Å²) in [7, 11) is 0. The Kier molecular flexibility index (Phi) is 6.78. The number of aliphatic hydroxyl groups excluding tert-OH is 1. The van der Waals surface area contributed by atoms with E-state index in [1.54, 1.807) is 13.1 Å². The topological polar surface area (TPSA) is 92.6 Å². The minimum Gasteiger partial charge on any atom is -0.401 e. The summed E-state index contributed by atoms with van der Waals surface area (Å²) in [6.07, 6.45) is 3.24. The minimum absolute atomic E-state index is 0.0175. The maximum absolute atomic E-state index is 10.6. The molecule has 14 heavy (non-hydrogen) atoms. The van der Waals surface area contributed by atoms with Gasteiger partial charge in [-0.15, -0.1) is 0 Å². The van der Waals surface area contributed by atoms with Crippen LogP contribution in [0.4, 0.5) is 0 Å². The predicted molar refractivity (Wildman–Crippen MR) is 54.8 cm³/mol. The molecule has 5 nitrogen and oxygen atoms in total. The molecule has 0 rings (SSSR count). The summed E-state index contributed by atoms with van der Waals surface area (Å²) >= 11 is 0. The minimum atomic E-state index is 0.0175. The molecule has 0 aromatic carbocycles. The van der Waals surface area contributed by atoms with E-state index in [4.69, 9.17) is 16.7 Å². The summed E-state index contributed by atoms with van der Waals surface area (Å²) in [6, 6.07) is 0. The lowest BCUT2D eigenvalue weighted by Gasteiger charge is -2.14. The number of aliphatic hydroxyl groups is 1. The number of ketones is 1. The van der Waals surface area contributed by atoms with Crippen LogP contribution in [0.15, 0.2) is 11.9 Å². The summed E-state index contributed by atoms with van der Waals surface area (Å²) in [5.74, 6) is 5.73. The maximum atomic E-state index is 10.6. The van der Waals surface area contributed by atoms with Crippen molar-refractivity contribution in [2.24, 2.45) is 11.6 Å². The van der Waals surface area contributed by atoms with Gasteiger partial charge in [0, 0.05) is 37.9 Å². The van der Waals surface area contributed by atoms with Crippen molar-refractivity contribution in [2.75, 3.05) is 13.2 Å². The molecular formula is C9H19N3O2. The number of rotatable bonds is 7. The second-order valence-corrected chi connectivity index (χ2v) is 3.22. The summed E-state index contributed by atoms with van der Waals surface area (Å²) in [5, 5.41) is 10.0. The Bertz CT molecular complexity index is 204. The number of Topliss-reactive ketones (excluding diaryl/α,β-unsaturated/α-hetero) is 1. The first kappa shape index (κ1) is 12.9. The van der Waals surface area contributed by atoms with E-state index in [-0.39, 0.29) is 12.4 Å². The van der Waals surface area contributed by atoms with Gasteiger partial charge in [-0.3, -0.25) is 0 Å². The Labute approximate surface area is 84.3 Å². The molecule has 0 saturated carbocycles. The predicted octanol–water partition coefficient (Wildman–Crippen LogP) is -0.286. The zero-order valence-electron chi connectivity index (χ0n) is 8.57. The molecule has 0 aliphatic rings. The van der Waals surface area contributed by atoms with Crippen LogP contribution in [0.3, 0.4) is 0 Å². The summed E-state index contributed by atoms with van der Waals surface area (Å²) in [5.41, 5.74) is 6.07. The second-order valence-electron chi connectivity index (χ2n) is 3.22. The van der Waals surface area contributed by atoms with Crippen molar-refractivity contribution in [1.29, 1.82) is 0 Å². The quantitative estimate of drug-likeness (QED) is 0.389. The Morgan fingerprint density at radius 2 is 2.14 bits per heavy atom. The highest BCUT2D eigenvalue weighted by atomic mass is 16.3. The van der Waals surface area contributed by atoms with E-state index >= 15 is 0 Å². The molecule has 0 aliphatic heterocycles. The van der Waals surface area contributed by atoms with Crippen LogP contribution in [0.5, 0.6) is 0 Å². The highest BCUT2D eigenvalue weighted by Gasteiger charge is 1.97. The molecule has 0 amide bonds. The highest BCUT2D eigenvalue weighted by Crippen LogP contribution is 1.96. The van der Waals surface area contributed by atoms with Crippen LogP contribution in [-0.4, -0.2) is 29.1 Å². The van der Waals surface area contributed by atoms with Crippen molar-refractivity contribution in [3.8, 4) is 0 Å². The Morgan fingerprint density at radius 3 is 2.64 bits per heavy atom. The third-order valence-electron chi connectivity index (χ3n) is 1.68. The molecule has 0 aromatic heterocycles. The SMILES string of the molecule is CC(=O)CCCN(N)/C=C(\N)CCO. The number of hydrogen-bond acceptors (Lipinski definition) is 5. The van der Waals surface area contributed by atoms with Crippen molar-refractivity contribution >= 4 is 5.78 Å². The summed E-state index contributed by atoms with van der Waals surface area (Å²) in [4.78, 5) is 10.6. The molecule has 5 heteroatoms. The van der Waals surface area contributed by atoms with Crippen molar-refractivity contribution in [2.45, 2.75) is 26.2 Å². The average Bonchev–Trinajstić information content (AvgIpc) is 2.03. The molecule has 0 heterocycles. The van der Waals surface area contributed by atoms with E-state index in [9.17, 15) is 4.79 Å². The first-order valence-electron chi connectivity index (χ1n) is 4.64. The Balaban J connectivity index is 3.68. The highest BCUT2D eigenvalue weighted by molar-refractivity contribution is 5.75. The van der Waals surface area contributed by atoms with Crippen molar-refractivity contribution in [3.05, 3.63) is 11.9 Å². The van der Waals surface area contributed by atoms with E-state index in [2.05, 4.69) is 0 Å². The van der Waals surface area contributed by atoms with Gasteiger partial charge >= 0.3 is 0 Å². The van der Waals surface area contributed by atoms with Crippen LogP contribution >= 0.6 is 0 Å². The first-order valence-corrected chi connectivity index (χ1v) is 4.64. The number of carbonyl (C=O) groups is 1. The van der Waals surface area contributed by atoms with Crippen LogP contribution in [0, 0.1) is 0 Å². The van der Waals surface area contributed by atoms with Crippen molar-refractivity contribution < 1.29 is 9.90 Å². The van der Waals surface area contributed by atoms with E-state index in [0.29, 0.717) is 25.1 Å². The molecule has 5 N–H and O–H groups in total. The number of nitrogens with two attached hydrogens (primary N) is 2. The molecule has 82 valence electrons. The van der Waals surface area contributed by atoms with E-state index in [1.165, 1.54) is 5.01 Å². The van der Waals surface area contributed by atoms with Crippen LogP contribution in [0.25, 0.3) is 0 Å². The normalized spacial score (nSPS) is 11.5. The zero-order chi connectivity index (χ0) is 11.0. The second kappa shape index (κ2) is 7.34. The molecule has 0 radical (unpaired) electrons. The van der Waals surface area contributed by atoms with Gasteiger partial charge in [0.15, 0.2) is 0 Å². The third kappa shape index (κ3) is 7.57. The smallest absolute Gasteiger partial charge is 0.129 e. The van der Waals surface area contributed by atoms with Gasteiger partial charge in [0.25, 0.3) is 0 Å². The van der Waals surface area contributed by atoms with Gasteiger partial charge < -0.3 is 20.6 Å². The Morgan fingerprint density at radius 1 is 1.50 bits per heavy atom. The fraction of sp³-hybridized carbons (Fsp3) is 0.667. The molecule has 0 aliphatic carbocycles. The maximum Gasteiger partial charge on any atom is 0.129 e. The lowest BCUT2D eigenvalue weighted by molar-refractivity contribution is -0.117. The molecule has 0 fully saturated rings. The van der Waals surface area contributed by atoms with Gasteiger partial charge in [0.1, 0.15) is 5.78 Å². The van der Waals surface area contributed by atoms with Crippen LogP contribution in [0.2, 0.25) is 0 Å². The Hall–Kier alpha value is -1.07. The van der Waals surface area contributed by atoms with Gasteiger partial charge in [-0.25, -0.2) is 5.84 Å². The van der Waals surface area contributed by atoms with Crippen LogP contribution in [0.1, 0.15) is 26.2 Å². The zero-order valence-corrected chi connectivity index (χ0v) is 8.57.